The van der Waals surface area contributed by atoms with Gasteiger partial charge in [-0.25, -0.2) is 13.2 Å². The fraction of sp³-hybridized carbons (Fsp3) is 0.571. The second-order valence-corrected chi connectivity index (χ2v) is 4.91. The fourth-order valence-electron chi connectivity index (χ4n) is 2.44. The molecule has 1 aliphatic rings. The molecule has 0 bridgehead atoms. The topological polar surface area (TPSA) is 12.0 Å². The van der Waals surface area contributed by atoms with Gasteiger partial charge in [0.05, 0.1) is 0 Å². The lowest BCUT2D eigenvalue weighted by atomic mass is 9.79. The summed E-state index contributed by atoms with van der Waals surface area (Å²) in [4.78, 5) is 0. The van der Waals surface area contributed by atoms with Crippen molar-refractivity contribution in [1.82, 2.24) is 5.32 Å². The smallest absolute Gasteiger partial charge is 0.194 e. The van der Waals surface area contributed by atoms with Crippen molar-refractivity contribution in [3.63, 3.8) is 0 Å². The summed E-state index contributed by atoms with van der Waals surface area (Å²) in [5.41, 5.74) is 0.239. The maximum atomic E-state index is 13.8. The summed E-state index contributed by atoms with van der Waals surface area (Å²) in [6.45, 7) is 2.60. The second kappa shape index (κ2) is 5.74. The van der Waals surface area contributed by atoms with Crippen molar-refractivity contribution in [2.45, 2.75) is 38.6 Å². The Morgan fingerprint density at radius 3 is 2.50 bits per heavy atom. The van der Waals surface area contributed by atoms with E-state index in [1.807, 2.05) is 6.92 Å². The van der Waals surface area contributed by atoms with Crippen LogP contribution in [0, 0.1) is 23.4 Å². The van der Waals surface area contributed by atoms with Crippen LogP contribution < -0.4 is 5.32 Å². The number of hydrogen-bond donors (Lipinski definition) is 1. The summed E-state index contributed by atoms with van der Waals surface area (Å²) in [7, 11) is 0. The SMILES string of the molecule is CCNC(CC1CCC1)c1ccc(F)c(F)c1F. The minimum Gasteiger partial charge on any atom is -0.310 e. The molecule has 0 amide bonds. The number of benzene rings is 1. The van der Waals surface area contributed by atoms with Gasteiger partial charge in [0.15, 0.2) is 17.5 Å². The van der Waals surface area contributed by atoms with Gasteiger partial charge < -0.3 is 5.32 Å². The Balaban J connectivity index is 2.20. The third-order valence-corrected chi connectivity index (χ3v) is 3.68. The van der Waals surface area contributed by atoms with Gasteiger partial charge in [-0.2, -0.15) is 0 Å². The number of halogens is 3. The highest BCUT2D eigenvalue weighted by Crippen LogP contribution is 2.35. The van der Waals surface area contributed by atoms with Gasteiger partial charge in [0.25, 0.3) is 0 Å². The fourth-order valence-corrected chi connectivity index (χ4v) is 2.44. The highest BCUT2D eigenvalue weighted by atomic mass is 19.2. The van der Waals surface area contributed by atoms with E-state index in [9.17, 15) is 13.2 Å². The molecule has 1 saturated carbocycles. The van der Waals surface area contributed by atoms with Crippen molar-refractivity contribution >= 4 is 0 Å². The number of hydrogen-bond acceptors (Lipinski definition) is 1. The van der Waals surface area contributed by atoms with Crippen LogP contribution in [0.4, 0.5) is 13.2 Å². The van der Waals surface area contributed by atoms with E-state index < -0.39 is 17.5 Å². The molecule has 0 radical (unpaired) electrons. The Morgan fingerprint density at radius 2 is 1.94 bits per heavy atom. The molecule has 1 aromatic carbocycles. The molecule has 1 unspecified atom stereocenters. The third-order valence-electron chi connectivity index (χ3n) is 3.68. The molecule has 0 saturated heterocycles. The first-order chi connectivity index (χ1) is 8.63. The Labute approximate surface area is 105 Å². The molecular weight excluding hydrogens is 239 g/mol. The van der Waals surface area contributed by atoms with Crippen molar-refractivity contribution in [2.75, 3.05) is 6.54 Å². The van der Waals surface area contributed by atoms with Gasteiger partial charge in [0.2, 0.25) is 0 Å². The standard InChI is InChI=1S/C14H18F3N/c1-2-18-12(8-9-4-3-5-9)10-6-7-11(15)14(17)13(10)16/h6-7,9,12,18H,2-5,8H2,1H3. The van der Waals surface area contributed by atoms with Crippen LogP contribution in [0.1, 0.15) is 44.2 Å². The molecule has 1 atom stereocenters. The normalized spacial score (nSPS) is 17.6. The summed E-state index contributed by atoms with van der Waals surface area (Å²) < 4.78 is 39.9. The minimum absolute atomic E-state index is 0.226. The molecule has 100 valence electrons. The van der Waals surface area contributed by atoms with E-state index in [-0.39, 0.29) is 11.6 Å². The lowest BCUT2D eigenvalue weighted by Gasteiger charge is -2.30. The highest BCUT2D eigenvalue weighted by Gasteiger charge is 2.26. The van der Waals surface area contributed by atoms with Crippen LogP contribution in [-0.2, 0) is 0 Å². The van der Waals surface area contributed by atoms with Crippen LogP contribution in [0.5, 0.6) is 0 Å². The lowest BCUT2D eigenvalue weighted by molar-refractivity contribution is 0.259. The van der Waals surface area contributed by atoms with Crippen LogP contribution in [0.2, 0.25) is 0 Å². The van der Waals surface area contributed by atoms with Crippen molar-refractivity contribution in [3.05, 3.63) is 35.1 Å². The quantitative estimate of drug-likeness (QED) is 0.788. The Hall–Kier alpha value is -1.03. The summed E-state index contributed by atoms with van der Waals surface area (Å²) in [6.07, 6.45) is 4.29. The Morgan fingerprint density at radius 1 is 1.22 bits per heavy atom. The lowest BCUT2D eigenvalue weighted by Crippen LogP contribution is -2.27. The molecule has 4 heteroatoms. The van der Waals surface area contributed by atoms with Crippen LogP contribution in [-0.4, -0.2) is 6.54 Å². The van der Waals surface area contributed by atoms with E-state index in [1.54, 1.807) is 0 Å². The first-order valence-corrected chi connectivity index (χ1v) is 6.50. The van der Waals surface area contributed by atoms with Crippen LogP contribution in [0.25, 0.3) is 0 Å². The third kappa shape index (κ3) is 2.69. The summed E-state index contributed by atoms with van der Waals surface area (Å²) in [5, 5.41) is 3.16. The maximum Gasteiger partial charge on any atom is 0.194 e. The summed E-state index contributed by atoms with van der Waals surface area (Å²) in [5.74, 6) is -2.99. The van der Waals surface area contributed by atoms with Gasteiger partial charge in [-0.1, -0.05) is 32.3 Å². The largest absolute Gasteiger partial charge is 0.310 e. The molecule has 0 spiro atoms. The van der Waals surface area contributed by atoms with E-state index in [4.69, 9.17) is 0 Å². The van der Waals surface area contributed by atoms with Gasteiger partial charge in [0, 0.05) is 11.6 Å². The van der Waals surface area contributed by atoms with E-state index in [0.717, 1.165) is 25.3 Å². The molecule has 18 heavy (non-hydrogen) atoms. The molecule has 0 aromatic heterocycles. The van der Waals surface area contributed by atoms with Gasteiger partial charge in [-0.15, -0.1) is 0 Å². The summed E-state index contributed by atoms with van der Waals surface area (Å²) in [6, 6.07) is 2.12. The molecule has 0 aliphatic heterocycles. The molecule has 1 nitrogen and oxygen atoms in total. The second-order valence-electron chi connectivity index (χ2n) is 4.91. The van der Waals surface area contributed by atoms with Crippen molar-refractivity contribution < 1.29 is 13.2 Å². The molecule has 1 aromatic rings. The molecule has 1 fully saturated rings. The Bertz CT molecular complexity index is 416. The van der Waals surface area contributed by atoms with Crippen LogP contribution in [0.3, 0.4) is 0 Å². The van der Waals surface area contributed by atoms with Crippen molar-refractivity contribution in [1.29, 1.82) is 0 Å². The summed E-state index contributed by atoms with van der Waals surface area (Å²) >= 11 is 0. The maximum absolute atomic E-state index is 13.8. The minimum atomic E-state index is -1.37. The average molecular weight is 257 g/mol. The highest BCUT2D eigenvalue weighted by molar-refractivity contribution is 5.24. The van der Waals surface area contributed by atoms with Gasteiger partial charge in [-0.05, 0) is 24.9 Å². The average Bonchev–Trinajstić information content (AvgIpc) is 2.30. The zero-order valence-electron chi connectivity index (χ0n) is 10.5. The van der Waals surface area contributed by atoms with E-state index in [1.165, 1.54) is 12.5 Å². The zero-order valence-corrected chi connectivity index (χ0v) is 10.5. The van der Waals surface area contributed by atoms with Crippen molar-refractivity contribution in [3.8, 4) is 0 Å². The molecule has 2 rings (SSSR count). The first kappa shape index (κ1) is 13.4. The number of rotatable bonds is 5. The molecule has 0 heterocycles. The molecule has 1 aliphatic carbocycles. The van der Waals surface area contributed by atoms with Crippen molar-refractivity contribution in [2.24, 2.45) is 5.92 Å². The van der Waals surface area contributed by atoms with Gasteiger partial charge >= 0.3 is 0 Å². The predicted octanol–water partition coefficient (Wildman–Crippen LogP) is 3.94. The Kier molecular flexibility index (Phi) is 4.27. The number of nitrogens with one attached hydrogen (secondary N) is 1. The van der Waals surface area contributed by atoms with E-state index >= 15 is 0 Å². The zero-order chi connectivity index (χ0) is 13.1. The first-order valence-electron chi connectivity index (χ1n) is 6.50. The monoisotopic (exact) mass is 257 g/mol. The molecule has 1 N–H and O–H groups in total. The van der Waals surface area contributed by atoms with E-state index in [0.29, 0.717) is 12.5 Å². The molecular formula is C14H18F3N. The van der Waals surface area contributed by atoms with Gasteiger partial charge in [-0.3, -0.25) is 0 Å². The van der Waals surface area contributed by atoms with Crippen LogP contribution >= 0.6 is 0 Å². The van der Waals surface area contributed by atoms with Gasteiger partial charge in [0.1, 0.15) is 0 Å². The van der Waals surface area contributed by atoms with E-state index in [2.05, 4.69) is 5.32 Å². The van der Waals surface area contributed by atoms with Crippen LogP contribution in [0.15, 0.2) is 12.1 Å². The predicted molar refractivity (Wildman–Crippen MR) is 64.7 cm³/mol.